The van der Waals surface area contributed by atoms with E-state index in [0.717, 1.165) is 5.06 Å². The third-order valence-electron chi connectivity index (χ3n) is 0.813. The van der Waals surface area contributed by atoms with Crippen LogP contribution in [0.1, 0.15) is 0 Å². The summed E-state index contributed by atoms with van der Waals surface area (Å²) in [5, 5.41) is 11.0. The van der Waals surface area contributed by atoms with Gasteiger partial charge in [0.1, 0.15) is 0 Å². The van der Waals surface area contributed by atoms with Crippen molar-refractivity contribution >= 4 is 0 Å². The third kappa shape index (κ3) is 7.84. The van der Waals surface area contributed by atoms with Gasteiger partial charge in [-0.1, -0.05) is 0 Å². The Morgan fingerprint density at radius 1 is 1.56 bits per heavy atom. The topological polar surface area (TPSA) is 61.5 Å². The zero-order valence-corrected chi connectivity index (χ0v) is 5.67. The number of rotatable bonds is 5. The van der Waals surface area contributed by atoms with Gasteiger partial charge in [-0.15, -0.1) is 0 Å². The molecule has 2 N–H and O–H groups in total. The Hall–Kier alpha value is -0.160. The third-order valence-corrected chi connectivity index (χ3v) is 0.813. The van der Waals surface area contributed by atoms with Gasteiger partial charge in [0.25, 0.3) is 0 Å². The van der Waals surface area contributed by atoms with Gasteiger partial charge in [0.2, 0.25) is 0 Å². The normalized spacial score (nSPS) is 10.7. The van der Waals surface area contributed by atoms with E-state index in [4.69, 9.17) is 10.5 Å². The molecule has 0 heterocycles. The van der Waals surface area contributed by atoms with E-state index in [0.29, 0.717) is 26.3 Å². The van der Waals surface area contributed by atoms with E-state index in [9.17, 15) is 5.21 Å². The minimum Gasteiger partial charge on any atom is -0.785 e. The van der Waals surface area contributed by atoms with E-state index in [2.05, 4.69) is 0 Å². The highest BCUT2D eigenvalue weighted by molar-refractivity contribution is 4.46. The lowest BCUT2D eigenvalue weighted by atomic mass is 10.6. The summed E-state index contributed by atoms with van der Waals surface area (Å²) in [5.74, 6) is 0. The van der Waals surface area contributed by atoms with Gasteiger partial charge in [0, 0.05) is 13.1 Å². The Morgan fingerprint density at radius 3 is 2.67 bits per heavy atom. The summed E-state index contributed by atoms with van der Waals surface area (Å²) in [5.41, 5.74) is 5.13. The standard InChI is InChI=1S/C5H13N2O2/c1-7(8)3-5-9-4-2-6/h2-6H2,1H3/q-1. The molecule has 0 saturated carbocycles. The van der Waals surface area contributed by atoms with Crippen molar-refractivity contribution in [3.8, 4) is 0 Å². The molecule has 0 aliphatic rings. The zero-order chi connectivity index (χ0) is 7.11. The Balaban J connectivity index is 2.75. The van der Waals surface area contributed by atoms with Crippen LogP contribution < -0.4 is 5.73 Å². The lowest BCUT2D eigenvalue weighted by Crippen LogP contribution is -2.18. The molecule has 0 aromatic heterocycles. The quantitative estimate of drug-likeness (QED) is 0.401. The van der Waals surface area contributed by atoms with Gasteiger partial charge in [-0.3, -0.25) is 0 Å². The van der Waals surface area contributed by atoms with Crippen molar-refractivity contribution < 1.29 is 4.74 Å². The van der Waals surface area contributed by atoms with Crippen molar-refractivity contribution in [2.24, 2.45) is 5.73 Å². The van der Waals surface area contributed by atoms with Crippen molar-refractivity contribution in [2.75, 3.05) is 33.4 Å². The Kier molecular flexibility index (Phi) is 5.86. The summed E-state index contributed by atoms with van der Waals surface area (Å²) < 4.78 is 4.93. The molecule has 0 bridgehead atoms. The molecule has 0 radical (unpaired) electrons. The summed E-state index contributed by atoms with van der Waals surface area (Å²) in [6, 6.07) is 0. The second-order valence-corrected chi connectivity index (χ2v) is 1.75. The summed E-state index contributed by atoms with van der Waals surface area (Å²) >= 11 is 0. The summed E-state index contributed by atoms with van der Waals surface area (Å²) in [7, 11) is 1.46. The van der Waals surface area contributed by atoms with Crippen molar-refractivity contribution in [3.63, 3.8) is 0 Å². The smallest absolute Gasteiger partial charge is 0.0589 e. The van der Waals surface area contributed by atoms with Gasteiger partial charge in [0.05, 0.1) is 13.2 Å². The van der Waals surface area contributed by atoms with E-state index >= 15 is 0 Å². The molecule has 56 valence electrons. The van der Waals surface area contributed by atoms with Crippen molar-refractivity contribution in [1.82, 2.24) is 5.06 Å². The first kappa shape index (κ1) is 8.84. The predicted octanol–water partition coefficient (Wildman–Crippen LogP) is -0.609. The van der Waals surface area contributed by atoms with E-state index < -0.39 is 0 Å². The molecule has 0 aromatic carbocycles. The summed E-state index contributed by atoms with van der Waals surface area (Å²) in [6.07, 6.45) is 0. The molecule has 0 spiro atoms. The second-order valence-electron chi connectivity index (χ2n) is 1.75. The highest BCUT2D eigenvalue weighted by Gasteiger charge is 1.83. The van der Waals surface area contributed by atoms with Crippen LogP contribution in [0.2, 0.25) is 0 Å². The number of hydrogen-bond donors (Lipinski definition) is 1. The number of ether oxygens (including phenoxy) is 1. The molecule has 0 aliphatic heterocycles. The maximum atomic E-state index is 10.2. The second kappa shape index (κ2) is 5.97. The molecule has 0 unspecified atom stereocenters. The van der Waals surface area contributed by atoms with E-state index in [1.165, 1.54) is 7.05 Å². The first-order valence-corrected chi connectivity index (χ1v) is 2.93. The number of nitrogens with two attached hydrogens (primary N) is 1. The van der Waals surface area contributed by atoms with Gasteiger partial charge in [0.15, 0.2) is 0 Å². The van der Waals surface area contributed by atoms with Gasteiger partial charge in [-0.05, 0) is 7.05 Å². The predicted molar refractivity (Wildman–Crippen MR) is 35.9 cm³/mol. The van der Waals surface area contributed by atoms with Crippen molar-refractivity contribution in [2.45, 2.75) is 0 Å². The molecule has 0 rings (SSSR count). The monoisotopic (exact) mass is 133 g/mol. The summed E-state index contributed by atoms with van der Waals surface area (Å²) in [4.78, 5) is 0. The summed E-state index contributed by atoms with van der Waals surface area (Å²) in [6.45, 7) is 1.94. The van der Waals surface area contributed by atoms with Crippen molar-refractivity contribution in [1.29, 1.82) is 0 Å². The fraction of sp³-hybridized carbons (Fsp3) is 1.00. The minimum absolute atomic E-state index is 0.417. The highest BCUT2D eigenvalue weighted by Crippen LogP contribution is 1.77. The van der Waals surface area contributed by atoms with E-state index in [1.807, 2.05) is 0 Å². The molecule has 0 aliphatic carbocycles. The largest absolute Gasteiger partial charge is 0.785 e. The minimum atomic E-state index is 0.417. The van der Waals surface area contributed by atoms with Gasteiger partial charge in [-0.2, -0.15) is 0 Å². The van der Waals surface area contributed by atoms with Gasteiger partial charge >= 0.3 is 0 Å². The zero-order valence-electron chi connectivity index (χ0n) is 5.67. The van der Waals surface area contributed by atoms with Crippen LogP contribution in [-0.2, 0) is 4.74 Å². The van der Waals surface area contributed by atoms with Crippen LogP contribution in [0.5, 0.6) is 0 Å². The van der Waals surface area contributed by atoms with Gasteiger partial charge < -0.3 is 20.7 Å². The van der Waals surface area contributed by atoms with Crippen LogP contribution in [0.3, 0.4) is 0 Å². The molecule has 0 fully saturated rings. The van der Waals surface area contributed by atoms with Crippen LogP contribution in [0.25, 0.3) is 0 Å². The molecule has 0 amide bonds. The molecule has 0 aromatic rings. The van der Waals surface area contributed by atoms with Crippen LogP contribution in [0.15, 0.2) is 0 Å². The lowest BCUT2D eigenvalue weighted by Gasteiger charge is -2.20. The molecule has 4 nitrogen and oxygen atoms in total. The maximum absolute atomic E-state index is 10.2. The molecule has 4 heteroatoms. The first-order valence-electron chi connectivity index (χ1n) is 2.93. The maximum Gasteiger partial charge on any atom is 0.0589 e. The van der Waals surface area contributed by atoms with Crippen LogP contribution in [0.4, 0.5) is 0 Å². The number of hydroxylamine groups is 2. The average Bonchev–Trinajstić information content (AvgIpc) is 1.80. The SMILES string of the molecule is CN([O-])CCOCCN. The highest BCUT2D eigenvalue weighted by atomic mass is 16.5. The number of likely N-dealkylation sites (N-methyl/N-ethyl adjacent to an activating group) is 1. The average molecular weight is 133 g/mol. The Labute approximate surface area is 55.2 Å². The van der Waals surface area contributed by atoms with Crippen LogP contribution in [0, 0.1) is 5.21 Å². The van der Waals surface area contributed by atoms with E-state index in [-0.39, 0.29) is 0 Å². The number of hydrogen-bond acceptors (Lipinski definition) is 4. The Bertz CT molecular complexity index is 58.9. The van der Waals surface area contributed by atoms with Crippen molar-refractivity contribution in [3.05, 3.63) is 5.21 Å². The fourth-order valence-electron chi connectivity index (χ4n) is 0.379. The van der Waals surface area contributed by atoms with E-state index in [1.54, 1.807) is 0 Å². The molecular weight excluding hydrogens is 120 g/mol. The van der Waals surface area contributed by atoms with Crippen LogP contribution >= 0.6 is 0 Å². The molecule has 0 saturated heterocycles. The molecular formula is C5H13N2O2-. The van der Waals surface area contributed by atoms with Crippen LogP contribution in [-0.4, -0.2) is 38.4 Å². The Morgan fingerprint density at radius 2 is 2.22 bits per heavy atom. The molecule has 0 atom stereocenters. The van der Waals surface area contributed by atoms with Gasteiger partial charge in [-0.25, -0.2) is 0 Å². The number of nitrogens with zero attached hydrogens (tertiary/aromatic N) is 1. The molecule has 9 heavy (non-hydrogen) atoms. The fourth-order valence-corrected chi connectivity index (χ4v) is 0.379. The lowest BCUT2D eigenvalue weighted by molar-refractivity contribution is 0.128. The first-order chi connectivity index (χ1) is 4.27.